The van der Waals surface area contributed by atoms with Crippen molar-refractivity contribution in [2.75, 3.05) is 5.32 Å². The van der Waals surface area contributed by atoms with Crippen molar-refractivity contribution >= 4 is 22.7 Å². The number of halogens is 1. The summed E-state index contributed by atoms with van der Waals surface area (Å²) in [5, 5.41) is 11.5. The number of nitrogens with zero attached hydrogens (tertiary/aromatic N) is 2. The van der Waals surface area contributed by atoms with Crippen LogP contribution in [0.4, 0.5) is 10.1 Å². The first-order valence-electron chi connectivity index (χ1n) is 9.77. The standard InChI is InChI=1S/C25H20FN3O2/c1-25(2,3)17-7-5-16(6-8-17)24-29-21-13-18(9-11-22(21)31-24)28-23(30)19-10-4-15(14-27)12-20(19)26/h4-13H,1-3H3,(H,28,30). The molecule has 5 nitrogen and oxygen atoms in total. The fourth-order valence-corrected chi connectivity index (χ4v) is 3.21. The highest BCUT2D eigenvalue weighted by Crippen LogP contribution is 2.29. The second-order valence-corrected chi connectivity index (χ2v) is 8.29. The fraction of sp³-hybridized carbons (Fsp3) is 0.160. The van der Waals surface area contributed by atoms with Gasteiger partial charge in [-0.3, -0.25) is 4.79 Å². The molecule has 0 bridgehead atoms. The van der Waals surface area contributed by atoms with E-state index in [0.29, 0.717) is 22.7 Å². The summed E-state index contributed by atoms with van der Waals surface area (Å²) < 4.78 is 20.0. The van der Waals surface area contributed by atoms with Crippen LogP contribution in [0.25, 0.3) is 22.6 Å². The minimum atomic E-state index is -0.750. The summed E-state index contributed by atoms with van der Waals surface area (Å²) in [6.45, 7) is 6.46. The summed E-state index contributed by atoms with van der Waals surface area (Å²) in [5.74, 6) is -0.875. The van der Waals surface area contributed by atoms with Crippen LogP contribution in [0.2, 0.25) is 0 Å². The van der Waals surface area contributed by atoms with Crippen LogP contribution in [-0.4, -0.2) is 10.9 Å². The first-order chi connectivity index (χ1) is 14.7. The van der Waals surface area contributed by atoms with Crippen molar-refractivity contribution < 1.29 is 13.6 Å². The number of nitriles is 1. The first-order valence-corrected chi connectivity index (χ1v) is 9.77. The van der Waals surface area contributed by atoms with Crippen LogP contribution >= 0.6 is 0 Å². The molecule has 0 radical (unpaired) electrons. The molecule has 0 unspecified atom stereocenters. The molecule has 0 aliphatic carbocycles. The van der Waals surface area contributed by atoms with Gasteiger partial charge in [0.2, 0.25) is 5.89 Å². The van der Waals surface area contributed by atoms with Crippen molar-refractivity contribution in [2.24, 2.45) is 0 Å². The third-order valence-corrected chi connectivity index (χ3v) is 4.99. The Hall–Kier alpha value is -3.98. The topological polar surface area (TPSA) is 78.9 Å². The highest BCUT2D eigenvalue weighted by Gasteiger charge is 2.16. The van der Waals surface area contributed by atoms with Crippen LogP contribution in [0.1, 0.15) is 42.3 Å². The van der Waals surface area contributed by atoms with Crippen LogP contribution in [0, 0.1) is 17.1 Å². The summed E-state index contributed by atoms with van der Waals surface area (Å²) in [5.41, 5.74) is 3.76. The lowest BCUT2D eigenvalue weighted by atomic mass is 9.87. The summed E-state index contributed by atoms with van der Waals surface area (Å²) in [7, 11) is 0. The second-order valence-electron chi connectivity index (χ2n) is 8.29. The van der Waals surface area contributed by atoms with Gasteiger partial charge in [0.25, 0.3) is 5.91 Å². The monoisotopic (exact) mass is 413 g/mol. The molecular formula is C25H20FN3O2. The summed E-state index contributed by atoms with van der Waals surface area (Å²) in [6.07, 6.45) is 0. The van der Waals surface area contributed by atoms with Gasteiger partial charge in [-0.2, -0.15) is 5.26 Å². The summed E-state index contributed by atoms with van der Waals surface area (Å²) in [6, 6.07) is 18.7. The number of anilines is 1. The van der Waals surface area contributed by atoms with E-state index in [0.717, 1.165) is 11.6 Å². The van der Waals surface area contributed by atoms with Crippen LogP contribution in [-0.2, 0) is 5.41 Å². The largest absolute Gasteiger partial charge is 0.436 e. The molecule has 0 atom stereocenters. The molecule has 1 heterocycles. The molecule has 0 fully saturated rings. The Balaban J connectivity index is 1.58. The number of carbonyl (C=O) groups excluding carboxylic acids is 1. The number of oxazole rings is 1. The summed E-state index contributed by atoms with van der Waals surface area (Å²) in [4.78, 5) is 17.0. The van der Waals surface area contributed by atoms with Crippen LogP contribution in [0.3, 0.4) is 0 Å². The van der Waals surface area contributed by atoms with Gasteiger partial charge in [-0.15, -0.1) is 0 Å². The van der Waals surface area contributed by atoms with E-state index >= 15 is 0 Å². The van der Waals surface area contributed by atoms with E-state index in [1.807, 2.05) is 18.2 Å². The van der Waals surface area contributed by atoms with Gasteiger partial charge >= 0.3 is 0 Å². The smallest absolute Gasteiger partial charge is 0.258 e. The predicted molar refractivity (Wildman–Crippen MR) is 117 cm³/mol. The molecule has 1 amide bonds. The van der Waals surface area contributed by atoms with Gasteiger partial charge in [0.1, 0.15) is 11.3 Å². The van der Waals surface area contributed by atoms with E-state index in [1.54, 1.807) is 18.2 Å². The maximum Gasteiger partial charge on any atom is 0.258 e. The van der Waals surface area contributed by atoms with E-state index in [-0.39, 0.29) is 16.5 Å². The molecule has 154 valence electrons. The number of amides is 1. The first kappa shape index (κ1) is 20.3. The van der Waals surface area contributed by atoms with Gasteiger partial charge in [-0.25, -0.2) is 9.37 Å². The molecule has 0 aliphatic rings. The van der Waals surface area contributed by atoms with E-state index < -0.39 is 11.7 Å². The number of benzene rings is 3. The molecule has 0 aliphatic heterocycles. The van der Waals surface area contributed by atoms with Crippen molar-refractivity contribution in [3.05, 3.63) is 83.2 Å². The number of fused-ring (bicyclic) bond motifs is 1. The highest BCUT2D eigenvalue weighted by atomic mass is 19.1. The van der Waals surface area contributed by atoms with Gasteiger partial charge in [0.05, 0.1) is 17.2 Å². The second kappa shape index (κ2) is 7.69. The Kier molecular flexibility index (Phi) is 5.04. The Morgan fingerprint density at radius 1 is 1.06 bits per heavy atom. The van der Waals surface area contributed by atoms with Crippen molar-refractivity contribution in [3.8, 4) is 17.5 Å². The third-order valence-electron chi connectivity index (χ3n) is 4.99. The Labute approximate surface area is 179 Å². The molecule has 31 heavy (non-hydrogen) atoms. The molecule has 3 aromatic carbocycles. The van der Waals surface area contributed by atoms with E-state index in [2.05, 4.69) is 43.2 Å². The number of nitrogens with one attached hydrogen (secondary N) is 1. The van der Waals surface area contributed by atoms with E-state index in [9.17, 15) is 9.18 Å². The molecule has 1 aromatic heterocycles. The zero-order chi connectivity index (χ0) is 22.2. The lowest BCUT2D eigenvalue weighted by Crippen LogP contribution is -2.13. The van der Waals surface area contributed by atoms with Gasteiger partial charge in [-0.05, 0) is 59.5 Å². The average Bonchev–Trinajstić information content (AvgIpc) is 3.16. The van der Waals surface area contributed by atoms with Gasteiger partial charge in [-0.1, -0.05) is 32.9 Å². The molecule has 4 rings (SSSR count). The maximum atomic E-state index is 14.1. The van der Waals surface area contributed by atoms with Crippen LogP contribution in [0.15, 0.2) is 65.1 Å². The number of hydrogen-bond donors (Lipinski definition) is 1. The number of hydrogen-bond acceptors (Lipinski definition) is 4. The van der Waals surface area contributed by atoms with Crippen molar-refractivity contribution in [2.45, 2.75) is 26.2 Å². The van der Waals surface area contributed by atoms with Gasteiger partial charge in [0, 0.05) is 11.3 Å². The van der Waals surface area contributed by atoms with Crippen LogP contribution < -0.4 is 5.32 Å². The lowest BCUT2D eigenvalue weighted by molar-refractivity contribution is 0.102. The minimum absolute atomic E-state index is 0.0569. The number of carbonyl (C=O) groups is 1. The quantitative estimate of drug-likeness (QED) is 0.443. The predicted octanol–water partition coefficient (Wildman–Crippen LogP) is 6.06. The van der Waals surface area contributed by atoms with Crippen molar-refractivity contribution in [1.29, 1.82) is 5.26 Å². The average molecular weight is 413 g/mol. The highest BCUT2D eigenvalue weighted by molar-refractivity contribution is 6.05. The molecule has 0 spiro atoms. The molecule has 1 N–H and O–H groups in total. The molecule has 0 saturated heterocycles. The molecule has 6 heteroatoms. The Morgan fingerprint density at radius 3 is 2.45 bits per heavy atom. The van der Waals surface area contributed by atoms with Crippen molar-refractivity contribution in [3.63, 3.8) is 0 Å². The third kappa shape index (κ3) is 4.17. The van der Waals surface area contributed by atoms with Crippen LogP contribution in [0.5, 0.6) is 0 Å². The SMILES string of the molecule is CC(C)(C)c1ccc(-c2nc3cc(NC(=O)c4ccc(C#N)cc4F)ccc3o2)cc1. The number of aromatic nitrogens is 1. The number of rotatable bonds is 3. The van der Waals surface area contributed by atoms with E-state index in [1.165, 1.54) is 17.7 Å². The zero-order valence-corrected chi connectivity index (χ0v) is 17.4. The molecule has 4 aromatic rings. The van der Waals surface area contributed by atoms with Crippen molar-refractivity contribution in [1.82, 2.24) is 4.98 Å². The fourth-order valence-electron chi connectivity index (χ4n) is 3.21. The zero-order valence-electron chi connectivity index (χ0n) is 17.4. The molecule has 0 saturated carbocycles. The normalized spacial score (nSPS) is 11.3. The summed E-state index contributed by atoms with van der Waals surface area (Å²) >= 11 is 0. The Bertz CT molecular complexity index is 1330. The Morgan fingerprint density at radius 2 is 1.81 bits per heavy atom. The van der Waals surface area contributed by atoms with Gasteiger partial charge < -0.3 is 9.73 Å². The van der Waals surface area contributed by atoms with Gasteiger partial charge in [0.15, 0.2) is 5.58 Å². The maximum absolute atomic E-state index is 14.1. The minimum Gasteiger partial charge on any atom is -0.436 e. The molecular weight excluding hydrogens is 393 g/mol. The van der Waals surface area contributed by atoms with E-state index in [4.69, 9.17) is 9.68 Å². The lowest BCUT2D eigenvalue weighted by Gasteiger charge is -2.18.